The lowest BCUT2D eigenvalue weighted by Crippen LogP contribution is -2.43. The molecule has 0 radical (unpaired) electrons. The molecule has 0 spiro atoms. The summed E-state index contributed by atoms with van der Waals surface area (Å²) in [6, 6.07) is 4.34. The highest BCUT2D eigenvalue weighted by Crippen LogP contribution is 2.26. The Balaban J connectivity index is 2.23. The Hall–Kier alpha value is -0.950. The predicted octanol–water partition coefficient (Wildman–Crippen LogP) is 3.60. The Morgan fingerprint density at radius 3 is 2.75 bits per heavy atom. The molecule has 1 aromatic rings. The van der Waals surface area contributed by atoms with E-state index in [1.165, 1.54) is 12.1 Å². The fraction of sp³-hybridized carbons (Fsp3) is 0.462. The quantitative estimate of drug-likeness (QED) is 0.429. The maximum atomic E-state index is 12.4. The number of nitro groups is 1. The number of carbonyl (C=O) groups is 1. The van der Waals surface area contributed by atoms with E-state index in [1.807, 2.05) is 0 Å². The van der Waals surface area contributed by atoms with Crippen molar-refractivity contribution in [1.29, 1.82) is 0 Å². The number of alkyl halides is 1. The molecule has 1 aliphatic heterocycles. The molecule has 0 aromatic heterocycles. The van der Waals surface area contributed by atoms with Crippen LogP contribution in [0.4, 0.5) is 5.69 Å². The van der Waals surface area contributed by atoms with E-state index in [-0.39, 0.29) is 16.4 Å². The van der Waals surface area contributed by atoms with Gasteiger partial charge in [-0.1, -0.05) is 38.8 Å². The summed E-state index contributed by atoms with van der Waals surface area (Å²) >= 11 is 6.79. The van der Waals surface area contributed by atoms with E-state index in [0.717, 1.165) is 6.42 Å². The molecule has 7 heteroatoms. The molecule has 0 N–H and O–H groups in total. The molecule has 108 valence electrons. The third kappa shape index (κ3) is 3.38. The van der Waals surface area contributed by atoms with Gasteiger partial charge in [-0.05, 0) is 18.4 Å². The van der Waals surface area contributed by atoms with Crippen molar-refractivity contribution in [1.82, 2.24) is 4.90 Å². The topological polar surface area (TPSA) is 63.5 Å². The number of carbonyl (C=O) groups excluding carboxylic acids is 1. The average molecular weight is 406 g/mol. The number of halogens is 2. The number of piperidine rings is 1. The summed E-state index contributed by atoms with van der Waals surface area (Å²) in [5.74, 6) is 0.363. The Morgan fingerprint density at radius 1 is 1.45 bits per heavy atom. The Labute approximate surface area is 133 Å². The largest absolute Gasteiger partial charge is 0.338 e. The number of likely N-dealkylation sites (tertiary alicyclic amines) is 1. The lowest BCUT2D eigenvalue weighted by molar-refractivity contribution is -0.385. The number of non-ortho nitro benzene ring substituents is 1. The van der Waals surface area contributed by atoms with Crippen LogP contribution in [0.5, 0.6) is 0 Å². The number of amides is 1. The Kier molecular flexibility index (Phi) is 4.80. The first-order valence-corrected chi connectivity index (χ1v) is 7.97. The van der Waals surface area contributed by atoms with Crippen molar-refractivity contribution in [3.05, 3.63) is 38.3 Å². The monoisotopic (exact) mass is 404 g/mol. The standard InChI is InChI=1S/C13H14Br2N2O3/c1-8-2-3-16(7-12(8)15)13(18)9-4-10(14)6-11(5-9)17(19)20/h4-6,8,12H,2-3,7H2,1H3. The van der Waals surface area contributed by atoms with Crippen LogP contribution in [0.3, 0.4) is 0 Å². The van der Waals surface area contributed by atoms with Crippen LogP contribution in [0, 0.1) is 16.0 Å². The average Bonchev–Trinajstić information content (AvgIpc) is 2.40. The van der Waals surface area contributed by atoms with E-state index >= 15 is 0 Å². The van der Waals surface area contributed by atoms with E-state index in [0.29, 0.717) is 29.0 Å². The smallest absolute Gasteiger partial charge is 0.271 e. The zero-order chi connectivity index (χ0) is 14.9. The van der Waals surface area contributed by atoms with Crippen LogP contribution < -0.4 is 0 Å². The summed E-state index contributed by atoms with van der Waals surface area (Å²) in [5.41, 5.74) is 0.267. The highest BCUT2D eigenvalue weighted by atomic mass is 79.9. The van der Waals surface area contributed by atoms with Crippen LogP contribution in [0.1, 0.15) is 23.7 Å². The molecule has 1 saturated heterocycles. The molecule has 0 saturated carbocycles. The van der Waals surface area contributed by atoms with E-state index < -0.39 is 4.92 Å². The molecule has 20 heavy (non-hydrogen) atoms. The maximum Gasteiger partial charge on any atom is 0.271 e. The van der Waals surface area contributed by atoms with Crippen LogP contribution in [-0.4, -0.2) is 33.6 Å². The number of rotatable bonds is 2. The highest BCUT2D eigenvalue weighted by Gasteiger charge is 2.28. The van der Waals surface area contributed by atoms with Crippen molar-refractivity contribution >= 4 is 43.5 Å². The van der Waals surface area contributed by atoms with Gasteiger partial charge in [-0.25, -0.2) is 0 Å². The van der Waals surface area contributed by atoms with Crippen LogP contribution in [-0.2, 0) is 0 Å². The van der Waals surface area contributed by atoms with Crippen LogP contribution in [0.2, 0.25) is 0 Å². The van der Waals surface area contributed by atoms with Gasteiger partial charge in [0.25, 0.3) is 11.6 Å². The first kappa shape index (κ1) is 15.4. The van der Waals surface area contributed by atoms with Crippen molar-refractivity contribution in [3.8, 4) is 0 Å². The summed E-state index contributed by atoms with van der Waals surface area (Å²) in [6.07, 6.45) is 0.928. The summed E-state index contributed by atoms with van der Waals surface area (Å²) in [5, 5.41) is 10.9. The van der Waals surface area contributed by atoms with Gasteiger partial charge in [0.15, 0.2) is 0 Å². The van der Waals surface area contributed by atoms with E-state index in [4.69, 9.17) is 0 Å². The van der Waals surface area contributed by atoms with Gasteiger partial charge in [-0.3, -0.25) is 14.9 Å². The van der Waals surface area contributed by atoms with Gasteiger partial charge >= 0.3 is 0 Å². The van der Waals surface area contributed by atoms with Gasteiger partial charge < -0.3 is 4.90 Å². The third-order valence-corrected chi connectivity index (χ3v) is 5.14. The van der Waals surface area contributed by atoms with Gasteiger partial charge in [-0.15, -0.1) is 0 Å². The normalized spacial score (nSPS) is 22.6. The minimum atomic E-state index is -0.493. The molecule has 0 aliphatic carbocycles. The van der Waals surface area contributed by atoms with Crippen LogP contribution >= 0.6 is 31.9 Å². The molecule has 1 aliphatic rings. The SMILES string of the molecule is CC1CCN(C(=O)c2cc(Br)cc([N+](=O)[O-])c2)CC1Br. The zero-order valence-electron chi connectivity index (χ0n) is 10.9. The number of benzene rings is 1. The molecule has 1 amide bonds. The Morgan fingerprint density at radius 2 is 2.15 bits per heavy atom. The minimum Gasteiger partial charge on any atom is -0.338 e. The minimum absolute atomic E-state index is 0.0801. The van der Waals surface area contributed by atoms with Crippen molar-refractivity contribution in [2.45, 2.75) is 18.2 Å². The summed E-state index contributed by atoms with van der Waals surface area (Å²) in [7, 11) is 0. The number of nitrogens with zero attached hydrogens (tertiary/aromatic N) is 2. The molecular weight excluding hydrogens is 392 g/mol. The second kappa shape index (κ2) is 6.22. The first-order valence-electron chi connectivity index (χ1n) is 6.27. The fourth-order valence-corrected chi connectivity index (χ4v) is 3.29. The molecule has 1 fully saturated rings. The zero-order valence-corrected chi connectivity index (χ0v) is 14.1. The highest BCUT2D eigenvalue weighted by molar-refractivity contribution is 9.10. The molecular formula is C13H14Br2N2O3. The van der Waals surface area contributed by atoms with Crippen molar-refractivity contribution < 1.29 is 9.72 Å². The lowest BCUT2D eigenvalue weighted by atomic mass is 9.98. The first-order chi connectivity index (χ1) is 9.38. The van der Waals surface area contributed by atoms with E-state index in [9.17, 15) is 14.9 Å². The maximum absolute atomic E-state index is 12.4. The van der Waals surface area contributed by atoms with E-state index in [1.54, 1.807) is 11.0 Å². The van der Waals surface area contributed by atoms with Crippen molar-refractivity contribution in [2.24, 2.45) is 5.92 Å². The second-order valence-electron chi connectivity index (χ2n) is 4.99. The third-order valence-electron chi connectivity index (χ3n) is 3.49. The predicted molar refractivity (Wildman–Crippen MR) is 83.2 cm³/mol. The molecule has 0 bridgehead atoms. The van der Waals surface area contributed by atoms with Gasteiger partial charge in [-0.2, -0.15) is 0 Å². The fourth-order valence-electron chi connectivity index (χ4n) is 2.19. The van der Waals surface area contributed by atoms with Crippen molar-refractivity contribution in [2.75, 3.05) is 13.1 Å². The molecule has 1 aromatic carbocycles. The van der Waals surface area contributed by atoms with Crippen molar-refractivity contribution in [3.63, 3.8) is 0 Å². The van der Waals surface area contributed by atoms with Gasteiger partial charge in [0, 0.05) is 40.1 Å². The number of hydrogen-bond acceptors (Lipinski definition) is 3. The molecule has 5 nitrogen and oxygen atoms in total. The van der Waals surface area contributed by atoms with E-state index in [2.05, 4.69) is 38.8 Å². The number of nitro benzene ring substituents is 1. The lowest BCUT2D eigenvalue weighted by Gasteiger charge is -2.34. The molecule has 2 unspecified atom stereocenters. The summed E-state index contributed by atoms with van der Waals surface area (Å²) in [6.45, 7) is 3.45. The van der Waals surface area contributed by atoms with Crippen LogP contribution in [0.15, 0.2) is 22.7 Å². The van der Waals surface area contributed by atoms with Gasteiger partial charge in [0.05, 0.1) is 4.92 Å². The molecule has 2 rings (SSSR count). The molecule has 1 heterocycles. The van der Waals surface area contributed by atoms with Gasteiger partial charge in [0.1, 0.15) is 0 Å². The number of hydrogen-bond donors (Lipinski definition) is 0. The molecule has 2 atom stereocenters. The van der Waals surface area contributed by atoms with Gasteiger partial charge in [0.2, 0.25) is 0 Å². The second-order valence-corrected chi connectivity index (χ2v) is 7.08. The summed E-state index contributed by atoms with van der Waals surface area (Å²) in [4.78, 5) is 24.8. The summed E-state index contributed by atoms with van der Waals surface area (Å²) < 4.78 is 0.538. The van der Waals surface area contributed by atoms with Crippen LogP contribution in [0.25, 0.3) is 0 Å². The Bertz CT molecular complexity index is 550.